The predicted molar refractivity (Wildman–Crippen MR) is 133 cm³/mol. The van der Waals surface area contributed by atoms with Gasteiger partial charge < -0.3 is 15.4 Å². The van der Waals surface area contributed by atoms with Crippen molar-refractivity contribution in [1.29, 1.82) is 0 Å². The van der Waals surface area contributed by atoms with Gasteiger partial charge >= 0.3 is 0 Å². The van der Waals surface area contributed by atoms with Crippen molar-refractivity contribution in [2.45, 2.75) is 29.6 Å². The number of hydrogen-bond donors (Lipinski definition) is 2. The molecule has 0 aliphatic carbocycles. The second-order valence-electron chi connectivity index (χ2n) is 7.78. The number of carbonyl (C=O) groups excluding carboxylic acids is 2. The summed E-state index contributed by atoms with van der Waals surface area (Å²) in [6.45, 7) is 1.21. The number of para-hydroxylation sites is 1. The molecule has 0 spiro atoms. The van der Waals surface area contributed by atoms with Crippen molar-refractivity contribution in [3.63, 3.8) is 0 Å². The molecule has 0 bridgehead atoms. The maximum Gasteiger partial charge on any atom is 0.255 e. The van der Waals surface area contributed by atoms with E-state index in [4.69, 9.17) is 16.3 Å². The van der Waals surface area contributed by atoms with Crippen LogP contribution in [0, 0.1) is 0 Å². The van der Waals surface area contributed by atoms with Gasteiger partial charge in [-0.3, -0.25) is 9.59 Å². The molecule has 1 atom stereocenters. The van der Waals surface area contributed by atoms with E-state index in [-0.39, 0.29) is 17.9 Å². The summed E-state index contributed by atoms with van der Waals surface area (Å²) in [5.41, 5.74) is 2.56. The average Bonchev–Trinajstić information content (AvgIpc) is 3.37. The highest BCUT2D eigenvalue weighted by molar-refractivity contribution is 7.98. The number of rotatable bonds is 8. The number of ether oxygens (including phenoxy) is 1. The van der Waals surface area contributed by atoms with Crippen molar-refractivity contribution < 1.29 is 14.3 Å². The van der Waals surface area contributed by atoms with Gasteiger partial charge in [-0.25, -0.2) is 0 Å². The summed E-state index contributed by atoms with van der Waals surface area (Å²) in [5, 5.41) is 6.50. The summed E-state index contributed by atoms with van der Waals surface area (Å²) >= 11 is 7.63. The summed E-state index contributed by atoms with van der Waals surface area (Å²) in [6.07, 6.45) is 2.03. The van der Waals surface area contributed by atoms with Gasteiger partial charge in [-0.05, 0) is 66.9 Å². The molecule has 0 unspecified atom stereocenters. The Morgan fingerprint density at radius 1 is 0.970 bits per heavy atom. The molecule has 2 N–H and O–H groups in total. The molecule has 3 aromatic carbocycles. The van der Waals surface area contributed by atoms with Crippen LogP contribution >= 0.6 is 23.4 Å². The lowest BCUT2D eigenvalue weighted by Crippen LogP contribution is -2.32. The Morgan fingerprint density at radius 3 is 2.45 bits per heavy atom. The molecule has 1 aliphatic heterocycles. The molecule has 33 heavy (non-hydrogen) atoms. The van der Waals surface area contributed by atoms with Crippen molar-refractivity contribution >= 4 is 40.9 Å². The van der Waals surface area contributed by atoms with Gasteiger partial charge in [0, 0.05) is 34.4 Å². The van der Waals surface area contributed by atoms with E-state index in [1.165, 1.54) is 0 Å². The summed E-state index contributed by atoms with van der Waals surface area (Å²) < 4.78 is 5.56. The first-order valence-electron chi connectivity index (χ1n) is 10.9. The van der Waals surface area contributed by atoms with E-state index < -0.39 is 0 Å². The Morgan fingerprint density at radius 2 is 1.73 bits per heavy atom. The molecule has 0 aromatic heterocycles. The van der Waals surface area contributed by atoms with Crippen LogP contribution in [-0.4, -0.2) is 31.1 Å². The van der Waals surface area contributed by atoms with Gasteiger partial charge in [-0.1, -0.05) is 35.9 Å². The molecule has 0 radical (unpaired) electrons. The molecule has 5 nitrogen and oxygen atoms in total. The van der Waals surface area contributed by atoms with Crippen LogP contribution < -0.4 is 10.6 Å². The standard InChI is InChI=1S/C26H25ClN2O3S/c27-20-11-13-22(14-12-20)33-17-18-7-9-19(10-8-18)25(30)29-24-6-2-1-5-23(24)26(31)28-16-21-4-3-15-32-21/h1-2,5-14,21H,3-4,15-17H2,(H,28,31)(H,29,30)/t21-/m0/s1. The third-order valence-electron chi connectivity index (χ3n) is 5.37. The number of benzene rings is 3. The van der Waals surface area contributed by atoms with Gasteiger partial charge in [-0.2, -0.15) is 0 Å². The minimum atomic E-state index is -0.258. The minimum absolute atomic E-state index is 0.0621. The van der Waals surface area contributed by atoms with Gasteiger partial charge in [0.25, 0.3) is 11.8 Å². The number of anilines is 1. The summed E-state index contributed by atoms with van der Waals surface area (Å²) in [5.74, 6) is 0.305. The highest BCUT2D eigenvalue weighted by atomic mass is 35.5. The molecule has 3 aromatic rings. The lowest BCUT2D eigenvalue weighted by atomic mass is 10.1. The molecule has 4 rings (SSSR count). The van der Waals surface area contributed by atoms with Crippen molar-refractivity contribution in [2.24, 2.45) is 0 Å². The monoisotopic (exact) mass is 480 g/mol. The molecule has 0 saturated carbocycles. The van der Waals surface area contributed by atoms with E-state index in [9.17, 15) is 9.59 Å². The topological polar surface area (TPSA) is 67.4 Å². The van der Waals surface area contributed by atoms with Crippen LogP contribution in [0.2, 0.25) is 5.02 Å². The minimum Gasteiger partial charge on any atom is -0.376 e. The van der Waals surface area contributed by atoms with Crippen LogP contribution in [0.25, 0.3) is 0 Å². The second kappa shape index (κ2) is 11.4. The fraction of sp³-hybridized carbons (Fsp3) is 0.231. The molecule has 7 heteroatoms. The zero-order valence-corrected chi connectivity index (χ0v) is 19.6. The van der Waals surface area contributed by atoms with Crippen LogP contribution in [0.5, 0.6) is 0 Å². The second-order valence-corrected chi connectivity index (χ2v) is 9.27. The third-order valence-corrected chi connectivity index (χ3v) is 6.70. The van der Waals surface area contributed by atoms with E-state index in [0.29, 0.717) is 23.4 Å². The zero-order chi connectivity index (χ0) is 23.0. The summed E-state index contributed by atoms with van der Waals surface area (Å²) in [4.78, 5) is 26.6. The molecule has 170 valence electrons. The molecule has 1 saturated heterocycles. The fourth-order valence-electron chi connectivity index (χ4n) is 3.54. The van der Waals surface area contributed by atoms with Crippen LogP contribution in [-0.2, 0) is 10.5 Å². The van der Waals surface area contributed by atoms with Gasteiger partial charge in [0.15, 0.2) is 0 Å². The fourth-order valence-corrected chi connectivity index (χ4v) is 4.52. The Balaban J connectivity index is 1.34. The maximum absolute atomic E-state index is 12.8. The predicted octanol–water partition coefficient (Wildman–Crippen LogP) is 5.79. The first-order chi connectivity index (χ1) is 16.1. The number of nitrogens with one attached hydrogen (secondary N) is 2. The Labute approximate surface area is 202 Å². The molecule has 1 heterocycles. The van der Waals surface area contributed by atoms with E-state index in [1.807, 2.05) is 36.4 Å². The van der Waals surface area contributed by atoms with Crippen LogP contribution in [0.3, 0.4) is 0 Å². The van der Waals surface area contributed by atoms with Gasteiger partial charge in [-0.15, -0.1) is 11.8 Å². The van der Waals surface area contributed by atoms with Crippen molar-refractivity contribution in [3.8, 4) is 0 Å². The highest BCUT2D eigenvalue weighted by Crippen LogP contribution is 2.24. The Kier molecular flexibility index (Phi) is 8.05. The van der Waals surface area contributed by atoms with Crippen molar-refractivity contribution in [1.82, 2.24) is 5.32 Å². The lowest BCUT2D eigenvalue weighted by Gasteiger charge is -2.14. The van der Waals surface area contributed by atoms with Crippen LogP contribution in [0.1, 0.15) is 39.1 Å². The van der Waals surface area contributed by atoms with Gasteiger partial charge in [0.2, 0.25) is 0 Å². The first-order valence-corrected chi connectivity index (χ1v) is 12.2. The van der Waals surface area contributed by atoms with Crippen LogP contribution in [0.15, 0.2) is 77.7 Å². The molecular formula is C26H25ClN2O3S. The third kappa shape index (κ3) is 6.60. The molecule has 1 aliphatic rings. The Bertz CT molecular complexity index is 1100. The highest BCUT2D eigenvalue weighted by Gasteiger charge is 2.18. The molecular weight excluding hydrogens is 456 g/mol. The van der Waals surface area contributed by atoms with E-state index in [2.05, 4.69) is 10.6 Å². The maximum atomic E-state index is 12.8. The number of amides is 2. The number of carbonyl (C=O) groups is 2. The summed E-state index contributed by atoms with van der Waals surface area (Å²) in [6, 6.07) is 22.2. The number of thioether (sulfide) groups is 1. The Hall–Kier alpha value is -2.80. The van der Waals surface area contributed by atoms with Gasteiger partial charge in [0.05, 0.1) is 17.4 Å². The normalized spacial score (nSPS) is 15.2. The van der Waals surface area contributed by atoms with E-state index in [1.54, 1.807) is 48.2 Å². The van der Waals surface area contributed by atoms with Crippen molar-refractivity contribution in [2.75, 3.05) is 18.5 Å². The van der Waals surface area contributed by atoms with E-state index in [0.717, 1.165) is 40.7 Å². The average molecular weight is 481 g/mol. The van der Waals surface area contributed by atoms with E-state index >= 15 is 0 Å². The first kappa shape index (κ1) is 23.4. The smallest absolute Gasteiger partial charge is 0.255 e. The van der Waals surface area contributed by atoms with Crippen molar-refractivity contribution in [3.05, 3.63) is 94.5 Å². The SMILES string of the molecule is O=C(Nc1ccccc1C(=O)NC[C@@H]1CCCO1)c1ccc(CSc2ccc(Cl)cc2)cc1. The number of hydrogen-bond acceptors (Lipinski definition) is 4. The molecule has 2 amide bonds. The number of halogens is 1. The van der Waals surface area contributed by atoms with Gasteiger partial charge in [0.1, 0.15) is 0 Å². The quantitative estimate of drug-likeness (QED) is 0.400. The van der Waals surface area contributed by atoms with Crippen LogP contribution in [0.4, 0.5) is 5.69 Å². The lowest BCUT2D eigenvalue weighted by molar-refractivity contribution is 0.0858. The zero-order valence-electron chi connectivity index (χ0n) is 18.1. The largest absolute Gasteiger partial charge is 0.376 e. The molecule has 1 fully saturated rings. The summed E-state index contributed by atoms with van der Waals surface area (Å²) in [7, 11) is 0.